The molecule has 0 aliphatic carbocycles. The second kappa shape index (κ2) is 7.95. The number of anilines is 1. The maximum absolute atomic E-state index is 13.5. The minimum atomic E-state index is -0.250. The predicted molar refractivity (Wildman–Crippen MR) is 120 cm³/mol. The minimum absolute atomic E-state index is 0.208. The first-order valence-electron chi connectivity index (χ1n) is 9.85. The third-order valence-electron chi connectivity index (χ3n) is 5.26. The average Bonchev–Trinajstić information content (AvgIpc) is 2.75. The molecule has 0 saturated carbocycles. The van der Waals surface area contributed by atoms with E-state index >= 15 is 0 Å². The SMILES string of the molecule is Cc1ccc(N(C)C(=O)c2nn(Cc3ccccc3)c(=O)c3ccccc23)c(C)c1. The fraction of sp³-hybridized carbons (Fsp3) is 0.160. The zero-order valence-electron chi connectivity index (χ0n) is 17.3. The van der Waals surface area contributed by atoms with E-state index in [1.54, 1.807) is 30.1 Å². The molecule has 1 aromatic heterocycles. The first-order chi connectivity index (χ1) is 14.5. The van der Waals surface area contributed by atoms with Crippen molar-refractivity contribution in [1.29, 1.82) is 0 Å². The van der Waals surface area contributed by atoms with E-state index in [-0.39, 0.29) is 17.2 Å². The lowest BCUT2D eigenvalue weighted by atomic mass is 10.1. The van der Waals surface area contributed by atoms with Gasteiger partial charge >= 0.3 is 0 Å². The molecule has 1 amide bonds. The van der Waals surface area contributed by atoms with Gasteiger partial charge < -0.3 is 4.90 Å². The van der Waals surface area contributed by atoms with Crippen LogP contribution in [0, 0.1) is 13.8 Å². The fourth-order valence-corrected chi connectivity index (χ4v) is 3.71. The van der Waals surface area contributed by atoms with Gasteiger partial charge in [0.25, 0.3) is 11.5 Å². The standard InChI is InChI=1S/C25H23N3O2/c1-17-13-14-22(18(2)15-17)27(3)25(30)23-20-11-7-8-12-21(20)24(29)28(26-23)16-19-9-5-4-6-10-19/h4-15H,16H2,1-3H3. The lowest BCUT2D eigenvalue weighted by Crippen LogP contribution is -2.32. The summed E-state index contributed by atoms with van der Waals surface area (Å²) < 4.78 is 1.38. The minimum Gasteiger partial charge on any atom is -0.310 e. The fourth-order valence-electron chi connectivity index (χ4n) is 3.71. The molecule has 1 heterocycles. The van der Waals surface area contributed by atoms with Gasteiger partial charge in [0.1, 0.15) is 0 Å². The third kappa shape index (κ3) is 3.62. The second-order valence-electron chi connectivity index (χ2n) is 7.50. The Morgan fingerprint density at radius 2 is 1.60 bits per heavy atom. The number of carbonyl (C=O) groups excluding carboxylic acids is 1. The lowest BCUT2D eigenvalue weighted by molar-refractivity contribution is 0.0987. The van der Waals surface area contributed by atoms with Crippen LogP contribution in [0.5, 0.6) is 0 Å². The molecule has 0 bridgehead atoms. The first kappa shape index (κ1) is 19.6. The molecule has 5 nitrogen and oxygen atoms in total. The van der Waals surface area contributed by atoms with Crippen LogP contribution in [0.2, 0.25) is 0 Å². The molecule has 0 aliphatic rings. The van der Waals surface area contributed by atoms with Crippen LogP contribution < -0.4 is 10.5 Å². The molecule has 0 unspecified atom stereocenters. The number of rotatable bonds is 4. The number of fused-ring (bicyclic) bond motifs is 1. The van der Waals surface area contributed by atoms with Gasteiger partial charge in [-0.2, -0.15) is 5.10 Å². The van der Waals surface area contributed by atoms with Crippen LogP contribution in [0.15, 0.2) is 77.6 Å². The Morgan fingerprint density at radius 1 is 0.933 bits per heavy atom. The summed E-state index contributed by atoms with van der Waals surface area (Å²) in [6.45, 7) is 4.30. The Bertz CT molecular complexity index is 1290. The van der Waals surface area contributed by atoms with Crippen molar-refractivity contribution in [3.63, 3.8) is 0 Å². The zero-order valence-corrected chi connectivity index (χ0v) is 17.3. The number of aromatic nitrogens is 2. The highest BCUT2D eigenvalue weighted by Gasteiger charge is 2.22. The molecule has 150 valence electrons. The van der Waals surface area contributed by atoms with E-state index in [2.05, 4.69) is 5.10 Å². The van der Waals surface area contributed by atoms with Gasteiger partial charge in [0.15, 0.2) is 5.69 Å². The van der Waals surface area contributed by atoms with Crippen molar-refractivity contribution < 1.29 is 4.79 Å². The van der Waals surface area contributed by atoms with E-state index < -0.39 is 0 Å². The van der Waals surface area contributed by atoms with Crippen molar-refractivity contribution in [2.45, 2.75) is 20.4 Å². The van der Waals surface area contributed by atoms with Gasteiger partial charge in [-0.15, -0.1) is 0 Å². The van der Waals surface area contributed by atoms with Crippen molar-refractivity contribution in [3.8, 4) is 0 Å². The first-order valence-corrected chi connectivity index (χ1v) is 9.85. The van der Waals surface area contributed by atoms with Crippen molar-refractivity contribution in [2.75, 3.05) is 11.9 Å². The lowest BCUT2D eigenvalue weighted by Gasteiger charge is -2.21. The third-order valence-corrected chi connectivity index (χ3v) is 5.26. The maximum atomic E-state index is 13.5. The van der Waals surface area contributed by atoms with Crippen molar-refractivity contribution in [1.82, 2.24) is 9.78 Å². The Hall–Kier alpha value is -3.73. The molecule has 4 aromatic rings. The number of nitrogens with zero attached hydrogens (tertiary/aromatic N) is 3. The highest BCUT2D eigenvalue weighted by atomic mass is 16.2. The van der Waals surface area contributed by atoms with Crippen molar-refractivity contribution >= 4 is 22.4 Å². The molecule has 0 radical (unpaired) electrons. The molecule has 0 fully saturated rings. The normalized spacial score (nSPS) is 10.9. The van der Waals surface area contributed by atoms with E-state index in [9.17, 15) is 9.59 Å². The van der Waals surface area contributed by atoms with E-state index in [1.807, 2.05) is 68.4 Å². The number of hydrogen-bond acceptors (Lipinski definition) is 3. The highest BCUT2D eigenvalue weighted by molar-refractivity contribution is 6.12. The Labute approximate surface area is 175 Å². The average molecular weight is 397 g/mol. The van der Waals surface area contributed by atoms with Gasteiger partial charge in [0.05, 0.1) is 11.9 Å². The van der Waals surface area contributed by atoms with Crippen LogP contribution in [-0.2, 0) is 6.54 Å². The van der Waals surface area contributed by atoms with Crippen LogP contribution in [-0.4, -0.2) is 22.7 Å². The smallest absolute Gasteiger partial charge is 0.279 e. The predicted octanol–water partition coefficient (Wildman–Crippen LogP) is 4.34. The summed E-state index contributed by atoms with van der Waals surface area (Å²) in [4.78, 5) is 28.1. The van der Waals surface area contributed by atoms with Crippen LogP contribution >= 0.6 is 0 Å². The number of carbonyl (C=O) groups is 1. The summed E-state index contributed by atoms with van der Waals surface area (Å²) in [5.74, 6) is -0.250. The summed E-state index contributed by atoms with van der Waals surface area (Å²) in [5, 5.41) is 5.55. The quantitative estimate of drug-likeness (QED) is 0.515. The van der Waals surface area contributed by atoms with Crippen molar-refractivity contribution in [2.24, 2.45) is 0 Å². The summed E-state index contributed by atoms with van der Waals surface area (Å²) in [7, 11) is 1.74. The monoisotopic (exact) mass is 397 g/mol. The molecule has 0 N–H and O–H groups in total. The molecule has 0 saturated heterocycles. The number of amides is 1. The van der Waals surface area contributed by atoms with Gasteiger partial charge in [-0.25, -0.2) is 4.68 Å². The molecule has 0 spiro atoms. The van der Waals surface area contributed by atoms with Gasteiger partial charge in [-0.05, 0) is 37.1 Å². The van der Waals surface area contributed by atoms with Gasteiger partial charge in [-0.3, -0.25) is 9.59 Å². The van der Waals surface area contributed by atoms with E-state index in [1.165, 1.54) is 4.68 Å². The largest absolute Gasteiger partial charge is 0.310 e. The van der Waals surface area contributed by atoms with E-state index in [0.29, 0.717) is 17.3 Å². The summed E-state index contributed by atoms with van der Waals surface area (Å²) in [6, 6.07) is 22.7. The van der Waals surface area contributed by atoms with Crippen LogP contribution in [0.25, 0.3) is 10.8 Å². The molecular weight excluding hydrogens is 374 g/mol. The summed E-state index contributed by atoms with van der Waals surface area (Å²) in [6.07, 6.45) is 0. The van der Waals surface area contributed by atoms with Crippen molar-refractivity contribution in [3.05, 3.63) is 106 Å². The zero-order chi connectivity index (χ0) is 21.3. The van der Waals surface area contributed by atoms with Crippen LogP contribution in [0.3, 0.4) is 0 Å². The van der Waals surface area contributed by atoms with E-state index in [0.717, 1.165) is 22.4 Å². The number of hydrogen-bond donors (Lipinski definition) is 0. The molecule has 30 heavy (non-hydrogen) atoms. The highest BCUT2D eigenvalue weighted by Crippen LogP contribution is 2.23. The molecule has 0 atom stereocenters. The number of benzene rings is 3. The molecule has 5 heteroatoms. The van der Waals surface area contributed by atoms with Crippen LogP contribution in [0.4, 0.5) is 5.69 Å². The summed E-state index contributed by atoms with van der Waals surface area (Å²) >= 11 is 0. The topological polar surface area (TPSA) is 55.2 Å². The number of aryl methyl sites for hydroxylation is 2. The molecular formula is C25H23N3O2. The van der Waals surface area contributed by atoms with Gasteiger partial charge in [-0.1, -0.05) is 66.2 Å². The Balaban J connectivity index is 1.84. The second-order valence-corrected chi connectivity index (χ2v) is 7.50. The summed E-state index contributed by atoms with van der Waals surface area (Å²) in [5.41, 5.74) is 3.97. The van der Waals surface area contributed by atoms with Gasteiger partial charge in [0, 0.05) is 18.1 Å². The van der Waals surface area contributed by atoms with Crippen LogP contribution in [0.1, 0.15) is 27.2 Å². The van der Waals surface area contributed by atoms with Gasteiger partial charge in [0.2, 0.25) is 0 Å². The maximum Gasteiger partial charge on any atom is 0.279 e. The molecule has 3 aromatic carbocycles. The molecule has 0 aliphatic heterocycles. The Morgan fingerprint density at radius 3 is 2.30 bits per heavy atom. The Kier molecular flexibility index (Phi) is 5.19. The van der Waals surface area contributed by atoms with E-state index in [4.69, 9.17) is 0 Å². The molecule has 4 rings (SSSR count).